The number of furan rings is 1. The molecule has 10 rings (SSSR count). The first-order valence-electron chi connectivity index (χ1n) is 22.5. The smallest absolute Gasteiger partial charge is 0.407 e. The van der Waals surface area contributed by atoms with Crippen LogP contribution >= 0.6 is 0 Å². The van der Waals surface area contributed by atoms with E-state index in [0.717, 1.165) is 89.8 Å². The molecule has 15 heteroatoms. The second-order valence-electron chi connectivity index (χ2n) is 17.0. The van der Waals surface area contributed by atoms with Crippen molar-refractivity contribution in [1.29, 1.82) is 0 Å². The molecule has 66 heavy (non-hydrogen) atoms. The number of fused-ring (bicyclic) bond motifs is 5. The van der Waals surface area contributed by atoms with Crippen molar-refractivity contribution in [1.82, 2.24) is 40.4 Å². The van der Waals surface area contributed by atoms with Gasteiger partial charge in [0.25, 0.3) is 11.8 Å². The third-order valence-corrected chi connectivity index (χ3v) is 13.2. The van der Waals surface area contributed by atoms with Crippen LogP contribution in [0.3, 0.4) is 0 Å². The Morgan fingerprint density at radius 2 is 1.20 bits per heavy atom. The van der Waals surface area contributed by atoms with Crippen molar-refractivity contribution in [2.75, 3.05) is 27.3 Å². The van der Waals surface area contributed by atoms with Gasteiger partial charge < -0.3 is 44.3 Å². The van der Waals surface area contributed by atoms with Gasteiger partial charge in [-0.05, 0) is 91.5 Å². The lowest BCUT2D eigenvalue weighted by Gasteiger charge is -2.28. The zero-order valence-corrected chi connectivity index (χ0v) is 36.7. The Kier molecular flexibility index (Phi) is 11.6. The van der Waals surface area contributed by atoms with E-state index in [1.807, 2.05) is 85.2 Å². The number of rotatable bonds is 10. The minimum atomic E-state index is -0.895. The molecule has 4 unspecified atom stereocenters. The first-order chi connectivity index (χ1) is 32.3. The van der Waals surface area contributed by atoms with Crippen LogP contribution in [0.5, 0.6) is 0 Å². The summed E-state index contributed by atoms with van der Waals surface area (Å²) in [6.45, 7) is 1.09. The van der Waals surface area contributed by atoms with Gasteiger partial charge in [0.1, 0.15) is 35.1 Å². The summed E-state index contributed by atoms with van der Waals surface area (Å²) in [5.74, 6) is 1.84. The van der Waals surface area contributed by atoms with Gasteiger partial charge in [0, 0.05) is 35.2 Å². The van der Waals surface area contributed by atoms with E-state index in [4.69, 9.17) is 23.9 Å². The number of methoxy groups -OCH3 is 2. The molecule has 1 aliphatic carbocycles. The van der Waals surface area contributed by atoms with Crippen LogP contribution in [0.4, 0.5) is 9.59 Å². The number of aromatic amines is 2. The van der Waals surface area contributed by atoms with Gasteiger partial charge in [-0.2, -0.15) is 0 Å². The lowest BCUT2D eigenvalue weighted by Crippen LogP contribution is -2.42. The van der Waals surface area contributed by atoms with Crippen LogP contribution in [0.25, 0.3) is 44.8 Å². The lowest BCUT2D eigenvalue weighted by atomic mass is 9.98. The summed E-state index contributed by atoms with van der Waals surface area (Å²) >= 11 is 0. The van der Waals surface area contributed by atoms with Gasteiger partial charge in [0.05, 0.1) is 50.1 Å². The third kappa shape index (κ3) is 8.05. The van der Waals surface area contributed by atoms with E-state index in [1.54, 1.807) is 9.80 Å². The Hall–Kier alpha value is -7.68. The molecule has 2 aliphatic heterocycles. The minimum absolute atomic E-state index is 0.214. The van der Waals surface area contributed by atoms with Crippen LogP contribution in [0.15, 0.2) is 114 Å². The summed E-state index contributed by atoms with van der Waals surface area (Å²) in [5, 5.41) is 6.52. The largest absolute Gasteiger partial charge is 0.456 e. The molecule has 0 saturated carbocycles. The number of nitrogens with one attached hydrogen (secondary N) is 4. The predicted molar refractivity (Wildman–Crippen MR) is 246 cm³/mol. The number of hydrogen-bond donors (Lipinski definition) is 4. The molecule has 0 radical (unpaired) electrons. The van der Waals surface area contributed by atoms with E-state index in [0.29, 0.717) is 35.9 Å². The predicted octanol–water partition coefficient (Wildman–Crippen LogP) is 8.89. The first kappa shape index (κ1) is 42.3. The molecular formula is C51H50N8O7. The summed E-state index contributed by atoms with van der Waals surface area (Å²) in [5.41, 5.74) is 9.23. The maximum atomic E-state index is 14.1. The zero-order chi connectivity index (χ0) is 45.3. The lowest BCUT2D eigenvalue weighted by molar-refractivity contribution is -0.135. The van der Waals surface area contributed by atoms with Gasteiger partial charge in [0.15, 0.2) is 0 Å². The van der Waals surface area contributed by atoms with Gasteiger partial charge in [-0.15, -0.1) is 0 Å². The monoisotopic (exact) mass is 886 g/mol. The highest BCUT2D eigenvalue weighted by Crippen LogP contribution is 2.42. The molecule has 0 bridgehead atoms. The van der Waals surface area contributed by atoms with Crippen LogP contribution < -0.4 is 10.6 Å². The molecular weight excluding hydrogens is 837 g/mol. The van der Waals surface area contributed by atoms with Crippen molar-refractivity contribution >= 4 is 35.0 Å². The Balaban J connectivity index is 0.875. The maximum Gasteiger partial charge on any atom is 0.407 e. The van der Waals surface area contributed by atoms with E-state index >= 15 is 0 Å². The van der Waals surface area contributed by atoms with E-state index in [-0.39, 0.29) is 23.9 Å². The molecule has 2 fully saturated rings. The molecule has 4 amide bonds. The summed E-state index contributed by atoms with van der Waals surface area (Å²) in [6.07, 6.45) is 8.06. The number of ether oxygens (including phenoxy) is 2. The van der Waals surface area contributed by atoms with Crippen molar-refractivity contribution < 1.29 is 33.1 Å². The molecule has 2 saturated heterocycles. The SMILES string of the molecule is COC(=O)NC(C(=O)N1CCCC1c1ncc(-c2ccc3c(c2)CCCc2c-3oc3ccc(-c4cnc(C5CCCN5C(=O)C(NC(=O)OC)c5ccccc5)[nH]4)cc23)[nH]1)c1ccccc1. The maximum absolute atomic E-state index is 14.1. The van der Waals surface area contributed by atoms with Gasteiger partial charge >= 0.3 is 12.2 Å². The molecule has 4 atom stereocenters. The van der Waals surface area contributed by atoms with Gasteiger partial charge in [-0.3, -0.25) is 9.59 Å². The van der Waals surface area contributed by atoms with Gasteiger partial charge in [0.2, 0.25) is 0 Å². The molecule has 15 nitrogen and oxygen atoms in total. The number of carbonyl (C=O) groups is 4. The second-order valence-corrected chi connectivity index (χ2v) is 17.0. The van der Waals surface area contributed by atoms with E-state index in [1.165, 1.54) is 25.3 Å². The van der Waals surface area contributed by atoms with Crippen molar-refractivity contribution in [2.45, 2.75) is 69.1 Å². The molecule has 336 valence electrons. The van der Waals surface area contributed by atoms with Crippen molar-refractivity contribution in [2.24, 2.45) is 0 Å². The highest BCUT2D eigenvalue weighted by Gasteiger charge is 2.39. The number of likely N-dealkylation sites (tertiary alicyclic amines) is 2. The number of imidazole rings is 2. The average Bonchev–Trinajstić information content (AvgIpc) is 4.22. The fraction of sp³-hybridized carbons (Fsp3) is 0.294. The summed E-state index contributed by atoms with van der Waals surface area (Å²) in [7, 11) is 2.57. The summed E-state index contributed by atoms with van der Waals surface area (Å²) in [4.78, 5) is 73.0. The normalized spacial score (nSPS) is 17.7. The minimum Gasteiger partial charge on any atom is -0.456 e. The number of benzene rings is 4. The zero-order valence-electron chi connectivity index (χ0n) is 36.7. The number of alkyl carbamates (subject to hydrolysis) is 2. The number of hydrogen-bond acceptors (Lipinski definition) is 9. The molecule has 4 aromatic carbocycles. The number of H-pyrrole nitrogens is 2. The van der Waals surface area contributed by atoms with Gasteiger partial charge in [-0.1, -0.05) is 72.8 Å². The van der Waals surface area contributed by atoms with Crippen LogP contribution in [-0.4, -0.2) is 81.0 Å². The number of nitrogens with zero attached hydrogens (tertiary/aromatic N) is 4. The second kappa shape index (κ2) is 18.1. The number of aromatic nitrogens is 4. The number of amides is 4. The van der Waals surface area contributed by atoms with Crippen LogP contribution in [0.2, 0.25) is 0 Å². The fourth-order valence-electron chi connectivity index (χ4n) is 9.91. The van der Waals surface area contributed by atoms with Crippen LogP contribution in [0.1, 0.15) is 90.2 Å². The Morgan fingerprint density at radius 1 is 0.667 bits per heavy atom. The van der Waals surface area contributed by atoms with Crippen molar-refractivity contribution in [3.8, 4) is 33.8 Å². The third-order valence-electron chi connectivity index (χ3n) is 13.2. The quantitative estimate of drug-likeness (QED) is 0.104. The fourth-order valence-corrected chi connectivity index (χ4v) is 9.91. The molecule has 3 aliphatic rings. The molecule has 0 spiro atoms. The topological polar surface area (TPSA) is 188 Å². The molecule has 4 N–H and O–H groups in total. The van der Waals surface area contributed by atoms with Gasteiger partial charge in [-0.25, -0.2) is 19.6 Å². The van der Waals surface area contributed by atoms with Crippen molar-refractivity contribution in [3.63, 3.8) is 0 Å². The van der Waals surface area contributed by atoms with E-state index in [9.17, 15) is 19.2 Å². The Labute approximate surface area is 380 Å². The summed E-state index contributed by atoms with van der Waals surface area (Å²) < 4.78 is 16.4. The van der Waals surface area contributed by atoms with E-state index < -0.39 is 24.3 Å². The Morgan fingerprint density at radius 3 is 1.74 bits per heavy atom. The molecule has 5 heterocycles. The van der Waals surface area contributed by atoms with Crippen LogP contribution in [-0.2, 0) is 31.9 Å². The van der Waals surface area contributed by atoms with E-state index in [2.05, 4.69) is 44.9 Å². The highest BCUT2D eigenvalue weighted by atomic mass is 16.5. The average molecular weight is 887 g/mol. The number of aryl methyl sites for hydroxylation is 2. The standard InChI is InChI=1S/C51H50N8O7/c1-64-50(62)56-43(30-12-5-3-6-13-30)48(60)58-24-10-18-40(58)46-52-28-38(54-46)33-20-22-35-32(26-33)16-9-17-36-37-27-34(21-23-42(37)66-45(35)36)39-29-53-47(55-39)41-19-11-25-59(41)49(61)44(57-51(63)65-2)31-14-7-4-8-15-31/h3-8,12-15,20-23,26-29,40-41,43-44H,9-11,16-19,24-25H2,1-2H3,(H,52,54)(H,53,55)(H,56,62)(H,57,63). The first-order valence-corrected chi connectivity index (χ1v) is 22.5. The highest BCUT2D eigenvalue weighted by molar-refractivity contribution is 5.92. The molecule has 3 aromatic heterocycles. The summed E-state index contributed by atoms with van der Waals surface area (Å²) in [6, 6.07) is 28.7. The van der Waals surface area contributed by atoms with Crippen LogP contribution in [0, 0.1) is 0 Å². The number of carbonyl (C=O) groups excluding carboxylic acids is 4. The van der Waals surface area contributed by atoms with Crippen molar-refractivity contribution in [3.05, 3.63) is 143 Å². The molecule has 7 aromatic rings. The Bertz CT molecular complexity index is 2920.